The van der Waals surface area contributed by atoms with Gasteiger partial charge in [0.1, 0.15) is 35.7 Å². The van der Waals surface area contributed by atoms with Crippen molar-refractivity contribution in [2.45, 2.75) is 0 Å². The fourth-order valence-corrected chi connectivity index (χ4v) is 2.43. The minimum atomic E-state index is -0.436. The molecule has 1 heterocycles. The summed E-state index contributed by atoms with van der Waals surface area (Å²) in [5.41, 5.74) is 0.960. The smallest absolute Gasteiger partial charge is 0.275 e. The van der Waals surface area contributed by atoms with Crippen molar-refractivity contribution in [2.75, 3.05) is 30.9 Å². The molecule has 29 heavy (non-hydrogen) atoms. The average Bonchev–Trinajstić information content (AvgIpc) is 2.78. The van der Waals surface area contributed by atoms with Crippen LogP contribution < -0.4 is 20.1 Å². The van der Waals surface area contributed by atoms with Gasteiger partial charge in [-0.3, -0.25) is 4.79 Å². The maximum Gasteiger partial charge on any atom is 0.275 e. The molecule has 2 aromatic carbocycles. The van der Waals surface area contributed by atoms with Gasteiger partial charge in [0.05, 0.1) is 37.3 Å². The lowest BCUT2D eigenvalue weighted by atomic mass is 10.2. The minimum Gasteiger partial charge on any atom is -0.497 e. The summed E-state index contributed by atoms with van der Waals surface area (Å²) in [6, 6.07) is 16.1. The van der Waals surface area contributed by atoms with Gasteiger partial charge in [-0.1, -0.05) is 12.1 Å². The van der Waals surface area contributed by atoms with Crippen LogP contribution in [0, 0.1) is 11.3 Å². The van der Waals surface area contributed by atoms with E-state index in [9.17, 15) is 4.79 Å². The summed E-state index contributed by atoms with van der Waals surface area (Å²) in [6.45, 7) is 0.947. The van der Waals surface area contributed by atoms with Gasteiger partial charge in [-0.2, -0.15) is 5.26 Å². The van der Waals surface area contributed by atoms with Gasteiger partial charge < -0.3 is 20.1 Å². The van der Waals surface area contributed by atoms with Crippen molar-refractivity contribution in [2.24, 2.45) is 0 Å². The van der Waals surface area contributed by atoms with Gasteiger partial charge in [0.25, 0.3) is 5.91 Å². The monoisotopic (exact) mass is 389 g/mol. The number of rotatable bonds is 8. The molecule has 1 amide bonds. The number of para-hydroxylation sites is 1. The molecule has 8 heteroatoms. The summed E-state index contributed by atoms with van der Waals surface area (Å²) in [5.74, 6) is 1.60. The third-order valence-electron chi connectivity index (χ3n) is 3.92. The maximum absolute atomic E-state index is 12.3. The van der Waals surface area contributed by atoms with Crippen LogP contribution in [0.4, 0.5) is 11.5 Å². The Hall–Kier alpha value is -4.12. The third kappa shape index (κ3) is 5.43. The standard InChI is InChI=1S/C21H19N5O3/c1-28-16-6-8-17(9-7-16)29-11-10-23-20-14-24-19(13-25-20)21(27)26-18-5-3-2-4-15(18)12-22/h2-9,13-14H,10-11H2,1H3,(H,23,25)(H,26,27). The lowest BCUT2D eigenvalue weighted by Gasteiger charge is -2.09. The van der Waals surface area contributed by atoms with Gasteiger partial charge in [0.2, 0.25) is 0 Å². The SMILES string of the molecule is COc1ccc(OCCNc2cnc(C(=O)Nc3ccccc3C#N)cn2)cc1. The summed E-state index contributed by atoms with van der Waals surface area (Å²) in [4.78, 5) is 20.6. The zero-order valence-electron chi connectivity index (χ0n) is 15.8. The number of nitrogens with zero attached hydrogens (tertiary/aromatic N) is 3. The van der Waals surface area contributed by atoms with Crippen molar-refractivity contribution >= 4 is 17.4 Å². The fourth-order valence-electron chi connectivity index (χ4n) is 2.43. The second kappa shape index (κ2) is 9.71. The molecule has 3 rings (SSSR count). The van der Waals surface area contributed by atoms with Crippen molar-refractivity contribution in [3.63, 3.8) is 0 Å². The van der Waals surface area contributed by atoms with Crippen LogP contribution in [-0.4, -0.2) is 36.1 Å². The summed E-state index contributed by atoms with van der Waals surface area (Å²) in [6.07, 6.45) is 2.84. The first-order valence-corrected chi connectivity index (χ1v) is 8.83. The Morgan fingerprint density at radius 2 is 1.83 bits per heavy atom. The number of carbonyl (C=O) groups is 1. The molecule has 0 aliphatic rings. The molecule has 0 aliphatic carbocycles. The number of aromatic nitrogens is 2. The molecular formula is C21H19N5O3. The Labute approximate surface area is 168 Å². The van der Waals surface area contributed by atoms with Crippen LogP contribution in [0.2, 0.25) is 0 Å². The minimum absolute atomic E-state index is 0.151. The molecule has 0 radical (unpaired) electrons. The number of nitriles is 1. The second-order valence-electron chi connectivity index (χ2n) is 5.85. The molecule has 0 spiro atoms. The van der Waals surface area contributed by atoms with Gasteiger partial charge in [-0.05, 0) is 36.4 Å². The molecular weight excluding hydrogens is 370 g/mol. The van der Waals surface area contributed by atoms with Crippen LogP contribution in [0.3, 0.4) is 0 Å². The van der Waals surface area contributed by atoms with Crippen molar-refractivity contribution < 1.29 is 14.3 Å². The van der Waals surface area contributed by atoms with E-state index >= 15 is 0 Å². The van der Waals surface area contributed by atoms with Gasteiger partial charge in [-0.15, -0.1) is 0 Å². The van der Waals surface area contributed by atoms with Crippen molar-refractivity contribution in [1.82, 2.24) is 9.97 Å². The predicted octanol–water partition coefficient (Wildman–Crippen LogP) is 3.10. The van der Waals surface area contributed by atoms with Crippen molar-refractivity contribution in [3.8, 4) is 17.6 Å². The molecule has 0 unspecified atom stereocenters. The molecule has 0 bridgehead atoms. The highest BCUT2D eigenvalue weighted by molar-refractivity contribution is 6.03. The third-order valence-corrected chi connectivity index (χ3v) is 3.92. The Morgan fingerprint density at radius 1 is 1.07 bits per heavy atom. The average molecular weight is 389 g/mol. The molecule has 0 fully saturated rings. The van der Waals surface area contributed by atoms with E-state index in [0.717, 1.165) is 11.5 Å². The first-order chi connectivity index (χ1) is 14.2. The fraction of sp³-hybridized carbons (Fsp3) is 0.143. The second-order valence-corrected chi connectivity index (χ2v) is 5.85. The summed E-state index contributed by atoms with van der Waals surface area (Å²) < 4.78 is 10.7. The number of benzene rings is 2. The highest BCUT2D eigenvalue weighted by atomic mass is 16.5. The normalized spacial score (nSPS) is 9.93. The molecule has 3 aromatic rings. The molecule has 146 valence electrons. The molecule has 0 atom stereocenters. The number of methoxy groups -OCH3 is 1. The van der Waals surface area contributed by atoms with E-state index in [-0.39, 0.29) is 5.69 Å². The van der Waals surface area contributed by atoms with Crippen LogP contribution in [-0.2, 0) is 0 Å². The number of ether oxygens (including phenoxy) is 2. The van der Waals surface area contributed by atoms with Crippen LogP contribution in [0.15, 0.2) is 60.9 Å². The summed E-state index contributed by atoms with van der Waals surface area (Å²) >= 11 is 0. The number of amides is 1. The number of carbonyl (C=O) groups excluding carboxylic acids is 1. The Bertz CT molecular complexity index is 998. The molecule has 2 N–H and O–H groups in total. The predicted molar refractivity (Wildman–Crippen MR) is 108 cm³/mol. The first-order valence-electron chi connectivity index (χ1n) is 8.83. The number of anilines is 2. The highest BCUT2D eigenvalue weighted by Crippen LogP contribution is 2.17. The van der Waals surface area contributed by atoms with Crippen LogP contribution in [0.5, 0.6) is 11.5 Å². The molecule has 0 saturated heterocycles. The van der Waals surface area contributed by atoms with E-state index in [1.165, 1.54) is 12.4 Å². The Kier molecular flexibility index (Phi) is 6.58. The zero-order chi connectivity index (χ0) is 20.5. The highest BCUT2D eigenvalue weighted by Gasteiger charge is 2.10. The van der Waals surface area contributed by atoms with Crippen molar-refractivity contribution in [1.29, 1.82) is 5.26 Å². The van der Waals surface area contributed by atoms with Gasteiger partial charge in [0.15, 0.2) is 0 Å². The summed E-state index contributed by atoms with van der Waals surface area (Å²) in [5, 5.41) is 14.8. The van der Waals surface area contributed by atoms with E-state index in [0.29, 0.717) is 30.2 Å². The van der Waals surface area contributed by atoms with E-state index < -0.39 is 5.91 Å². The molecule has 0 saturated carbocycles. The quantitative estimate of drug-likeness (QED) is 0.570. The summed E-state index contributed by atoms with van der Waals surface area (Å²) in [7, 11) is 1.61. The van der Waals surface area contributed by atoms with Crippen LogP contribution in [0.1, 0.15) is 16.1 Å². The van der Waals surface area contributed by atoms with Crippen LogP contribution >= 0.6 is 0 Å². The number of hydrogen-bond acceptors (Lipinski definition) is 7. The topological polar surface area (TPSA) is 109 Å². The Balaban J connectivity index is 1.48. The van der Waals surface area contributed by atoms with Crippen LogP contribution in [0.25, 0.3) is 0 Å². The zero-order valence-corrected chi connectivity index (χ0v) is 15.8. The van der Waals surface area contributed by atoms with Gasteiger partial charge >= 0.3 is 0 Å². The first kappa shape index (κ1) is 19.6. The number of hydrogen-bond donors (Lipinski definition) is 2. The van der Waals surface area contributed by atoms with E-state index in [1.807, 2.05) is 30.3 Å². The molecule has 1 aromatic heterocycles. The molecule has 0 aliphatic heterocycles. The Morgan fingerprint density at radius 3 is 2.52 bits per heavy atom. The number of nitrogens with one attached hydrogen (secondary N) is 2. The van der Waals surface area contributed by atoms with E-state index in [4.69, 9.17) is 14.7 Å². The largest absolute Gasteiger partial charge is 0.497 e. The molecule has 8 nitrogen and oxygen atoms in total. The lowest BCUT2D eigenvalue weighted by molar-refractivity contribution is 0.102. The van der Waals surface area contributed by atoms with E-state index in [1.54, 1.807) is 31.4 Å². The van der Waals surface area contributed by atoms with E-state index in [2.05, 4.69) is 20.6 Å². The van der Waals surface area contributed by atoms with Crippen molar-refractivity contribution in [3.05, 3.63) is 72.2 Å². The lowest BCUT2D eigenvalue weighted by Crippen LogP contribution is -2.16. The van der Waals surface area contributed by atoms with Gasteiger partial charge in [-0.25, -0.2) is 9.97 Å². The maximum atomic E-state index is 12.3. The van der Waals surface area contributed by atoms with Gasteiger partial charge in [0, 0.05) is 0 Å².